The Labute approximate surface area is 74.0 Å². The average Bonchev–Trinajstić information content (AvgIpc) is 2.10. The van der Waals surface area contributed by atoms with Gasteiger partial charge in [0.2, 0.25) is 0 Å². The molecule has 0 saturated carbocycles. The van der Waals surface area contributed by atoms with Crippen molar-refractivity contribution in [3.05, 3.63) is 12.7 Å². The Hall–Kier alpha value is -0.230. The van der Waals surface area contributed by atoms with Crippen LogP contribution in [0, 0.1) is 5.41 Å². The molecule has 0 spiro atoms. The second kappa shape index (κ2) is 4.13. The highest BCUT2D eigenvalue weighted by Crippen LogP contribution is 2.27. The molecule has 12 heavy (non-hydrogen) atoms. The van der Waals surface area contributed by atoms with Crippen LogP contribution in [0.25, 0.3) is 0 Å². The molecule has 70 valence electrons. The molecule has 1 saturated heterocycles. The molecule has 1 fully saturated rings. The molecule has 0 aromatic carbocycles. The van der Waals surface area contributed by atoms with Crippen LogP contribution >= 0.6 is 0 Å². The van der Waals surface area contributed by atoms with Crippen LogP contribution < -0.4 is 0 Å². The van der Waals surface area contributed by atoms with Gasteiger partial charge in [0, 0.05) is 5.41 Å². The van der Waals surface area contributed by atoms with Crippen molar-refractivity contribution in [1.82, 2.24) is 0 Å². The lowest BCUT2D eigenvalue weighted by Gasteiger charge is -2.32. The second-order valence-corrected chi connectivity index (χ2v) is 3.76. The predicted molar refractivity (Wildman–Crippen MR) is 44.4 cm³/mol. The van der Waals surface area contributed by atoms with E-state index in [1.165, 1.54) is 0 Å². The molecule has 0 atom stereocenters. The van der Waals surface area contributed by atoms with E-state index in [0.717, 1.165) is 0 Å². The smallest absolute Gasteiger partial charge is 0.304 e. The molecule has 1 heterocycles. The SMILES string of the molecule is C=CCC1(CO)COS(=O)OC1. The minimum absolute atomic E-state index is 0.0454. The number of aliphatic hydroxyl groups is 1. The first-order valence-electron chi connectivity index (χ1n) is 3.62. The summed E-state index contributed by atoms with van der Waals surface area (Å²) < 4.78 is 20.2. The standard InChI is InChI=1S/C7H12O4S/c1-2-3-7(4-8)5-10-12(9)11-6-7/h2,8H,1,3-6H2. The van der Waals surface area contributed by atoms with Crippen LogP contribution in [0.1, 0.15) is 6.42 Å². The van der Waals surface area contributed by atoms with E-state index in [4.69, 9.17) is 13.5 Å². The molecule has 0 unspecified atom stereocenters. The van der Waals surface area contributed by atoms with Gasteiger partial charge in [-0.05, 0) is 6.42 Å². The van der Waals surface area contributed by atoms with E-state index < -0.39 is 16.8 Å². The van der Waals surface area contributed by atoms with Crippen LogP contribution in [0.3, 0.4) is 0 Å². The van der Waals surface area contributed by atoms with Gasteiger partial charge in [-0.25, -0.2) is 0 Å². The fourth-order valence-corrected chi connectivity index (χ4v) is 1.76. The van der Waals surface area contributed by atoms with Crippen LogP contribution in [0.15, 0.2) is 12.7 Å². The predicted octanol–water partition coefficient (Wildman–Crippen LogP) is 0.167. The molecular formula is C7H12O4S. The Kier molecular flexibility index (Phi) is 3.39. The highest BCUT2D eigenvalue weighted by molar-refractivity contribution is 7.75. The zero-order chi connectivity index (χ0) is 9.03. The quantitative estimate of drug-likeness (QED) is 0.647. The fraction of sp³-hybridized carbons (Fsp3) is 0.714. The molecule has 1 aliphatic rings. The summed E-state index contributed by atoms with van der Waals surface area (Å²) in [5, 5.41) is 9.05. The molecule has 0 aliphatic carbocycles. The molecular weight excluding hydrogens is 180 g/mol. The topological polar surface area (TPSA) is 55.8 Å². The van der Waals surface area contributed by atoms with Gasteiger partial charge in [-0.2, -0.15) is 4.21 Å². The Morgan fingerprint density at radius 2 is 2.17 bits per heavy atom. The normalized spacial score (nSPS) is 36.2. The first kappa shape index (κ1) is 9.85. The Morgan fingerprint density at radius 1 is 1.58 bits per heavy atom. The highest BCUT2D eigenvalue weighted by Gasteiger charge is 2.34. The maximum absolute atomic E-state index is 10.6. The van der Waals surface area contributed by atoms with Gasteiger partial charge in [0.25, 0.3) is 0 Å². The van der Waals surface area contributed by atoms with E-state index in [1.54, 1.807) is 6.08 Å². The molecule has 1 aliphatic heterocycles. The lowest BCUT2D eigenvalue weighted by atomic mass is 9.87. The van der Waals surface area contributed by atoms with Crippen LogP contribution in [-0.2, 0) is 19.7 Å². The van der Waals surface area contributed by atoms with E-state index in [0.29, 0.717) is 6.42 Å². The lowest BCUT2D eigenvalue weighted by Crippen LogP contribution is -2.40. The number of allylic oxidation sites excluding steroid dienone is 1. The molecule has 0 aromatic heterocycles. The number of hydrogen-bond donors (Lipinski definition) is 1. The van der Waals surface area contributed by atoms with Gasteiger partial charge in [-0.15, -0.1) is 6.58 Å². The lowest BCUT2D eigenvalue weighted by molar-refractivity contribution is -0.00268. The maximum atomic E-state index is 10.6. The maximum Gasteiger partial charge on any atom is 0.304 e. The summed E-state index contributed by atoms with van der Waals surface area (Å²) >= 11 is -1.64. The third-order valence-electron chi connectivity index (χ3n) is 1.84. The molecule has 0 radical (unpaired) electrons. The third-order valence-corrected chi connectivity index (χ3v) is 2.46. The summed E-state index contributed by atoms with van der Waals surface area (Å²) in [5.41, 5.74) is -0.449. The average molecular weight is 192 g/mol. The number of rotatable bonds is 3. The van der Waals surface area contributed by atoms with Crippen molar-refractivity contribution < 1.29 is 17.7 Å². The van der Waals surface area contributed by atoms with Gasteiger partial charge in [0.1, 0.15) is 0 Å². The third kappa shape index (κ3) is 2.13. The molecule has 0 amide bonds. The van der Waals surface area contributed by atoms with Crippen molar-refractivity contribution in [2.45, 2.75) is 6.42 Å². The van der Waals surface area contributed by atoms with E-state index in [2.05, 4.69) is 6.58 Å². The van der Waals surface area contributed by atoms with Crippen LogP contribution in [0.4, 0.5) is 0 Å². The van der Waals surface area contributed by atoms with Crippen LogP contribution in [0.2, 0.25) is 0 Å². The van der Waals surface area contributed by atoms with Crippen molar-refractivity contribution >= 4 is 11.4 Å². The minimum Gasteiger partial charge on any atom is -0.396 e. The van der Waals surface area contributed by atoms with Crippen molar-refractivity contribution in [2.75, 3.05) is 19.8 Å². The van der Waals surface area contributed by atoms with Crippen molar-refractivity contribution in [3.63, 3.8) is 0 Å². The monoisotopic (exact) mass is 192 g/mol. The van der Waals surface area contributed by atoms with Crippen LogP contribution in [-0.4, -0.2) is 29.1 Å². The Morgan fingerprint density at radius 3 is 2.58 bits per heavy atom. The Bertz CT molecular complexity index is 182. The van der Waals surface area contributed by atoms with Gasteiger partial charge in [-0.3, -0.25) is 8.37 Å². The van der Waals surface area contributed by atoms with E-state index in [9.17, 15) is 4.21 Å². The van der Waals surface area contributed by atoms with Crippen molar-refractivity contribution in [1.29, 1.82) is 0 Å². The van der Waals surface area contributed by atoms with Gasteiger partial charge < -0.3 is 5.11 Å². The summed E-state index contributed by atoms with van der Waals surface area (Å²) in [6.45, 7) is 4.03. The minimum atomic E-state index is -1.64. The Balaban J connectivity index is 2.56. The molecule has 5 heteroatoms. The molecule has 0 bridgehead atoms. The highest BCUT2D eigenvalue weighted by atomic mass is 32.2. The zero-order valence-corrected chi connectivity index (χ0v) is 7.51. The van der Waals surface area contributed by atoms with Gasteiger partial charge in [0.05, 0.1) is 19.8 Å². The summed E-state index contributed by atoms with van der Waals surface area (Å²) in [4.78, 5) is 0. The largest absolute Gasteiger partial charge is 0.396 e. The summed E-state index contributed by atoms with van der Waals surface area (Å²) in [6, 6.07) is 0. The molecule has 4 nitrogen and oxygen atoms in total. The summed E-state index contributed by atoms with van der Waals surface area (Å²) in [5.74, 6) is 0. The summed E-state index contributed by atoms with van der Waals surface area (Å²) in [6.07, 6.45) is 2.29. The van der Waals surface area contributed by atoms with Gasteiger partial charge in [0.15, 0.2) is 0 Å². The van der Waals surface area contributed by atoms with Gasteiger partial charge in [-0.1, -0.05) is 6.08 Å². The number of hydrogen-bond acceptors (Lipinski definition) is 4. The fourth-order valence-electron chi connectivity index (χ4n) is 1.00. The number of aliphatic hydroxyl groups excluding tert-OH is 1. The first-order chi connectivity index (χ1) is 5.72. The molecule has 1 N–H and O–H groups in total. The van der Waals surface area contributed by atoms with E-state index in [-0.39, 0.29) is 19.8 Å². The van der Waals surface area contributed by atoms with E-state index in [1.807, 2.05) is 0 Å². The van der Waals surface area contributed by atoms with Crippen molar-refractivity contribution in [3.8, 4) is 0 Å². The second-order valence-electron chi connectivity index (χ2n) is 2.88. The van der Waals surface area contributed by atoms with Crippen LogP contribution in [0.5, 0.6) is 0 Å². The van der Waals surface area contributed by atoms with E-state index >= 15 is 0 Å². The molecule has 0 aromatic rings. The van der Waals surface area contributed by atoms with Gasteiger partial charge >= 0.3 is 11.4 Å². The zero-order valence-electron chi connectivity index (χ0n) is 6.69. The summed E-state index contributed by atoms with van der Waals surface area (Å²) in [7, 11) is 0. The first-order valence-corrected chi connectivity index (χ1v) is 4.62. The molecule has 1 rings (SSSR count). The van der Waals surface area contributed by atoms with Crippen molar-refractivity contribution in [2.24, 2.45) is 5.41 Å².